The Morgan fingerprint density at radius 3 is 2.80 bits per heavy atom. The smallest absolute Gasteiger partial charge is 0.341 e. The molecule has 2 atom stereocenters. The monoisotopic (exact) mass is 521 g/mol. The number of nitrogens with two attached hydrogens (primary N) is 1. The minimum Gasteiger partial charge on any atom is -0.492 e. The Balaban J connectivity index is 1.66. The van der Waals surface area contributed by atoms with Crippen molar-refractivity contribution in [1.82, 2.24) is 19.7 Å². The fraction of sp³-hybridized carbons (Fsp3) is 0.333. The van der Waals surface area contributed by atoms with Gasteiger partial charge in [0, 0.05) is 9.61 Å². The van der Waals surface area contributed by atoms with Gasteiger partial charge in [0.2, 0.25) is 0 Å². The quantitative estimate of drug-likeness (QED) is 0.353. The number of carbonyl (C=O) groups excluding carboxylic acids is 1. The summed E-state index contributed by atoms with van der Waals surface area (Å²) in [5.74, 6) is 1.45. The number of ether oxygens (including phenoxy) is 2. The van der Waals surface area contributed by atoms with E-state index in [9.17, 15) is 4.79 Å². The van der Waals surface area contributed by atoms with Crippen molar-refractivity contribution in [3.8, 4) is 17.3 Å². The first-order valence-corrected chi connectivity index (χ1v) is 10.6. The van der Waals surface area contributed by atoms with Crippen LogP contribution in [0, 0.1) is 9.49 Å². The van der Waals surface area contributed by atoms with E-state index in [0.717, 1.165) is 9.99 Å². The van der Waals surface area contributed by atoms with Gasteiger partial charge in [-0.1, -0.05) is 13.0 Å². The zero-order valence-electron chi connectivity index (χ0n) is 17.1. The molecule has 1 aromatic carbocycles. The Morgan fingerprint density at radius 2 is 2.07 bits per heavy atom. The van der Waals surface area contributed by atoms with E-state index in [1.54, 1.807) is 24.5 Å². The van der Waals surface area contributed by atoms with Crippen molar-refractivity contribution in [3.63, 3.8) is 0 Å². The number of anilines is 1. The molecule has 0 amide bonds. The molecule has 0 bridgehead atoms. The predicted molar refractivity (Wildman–Crippen MR) is 122 cm³/mol. The number of hydrogen-bond acceptors (Lipinski definition) is 7. The highest BCUT2D eigenvalue weighted by Crippen LogP contribution is 2.26. The van der Waals surface area contributed by atoms with Crippen LogP contribution in [0.4, 0.5) is 5.82 Å². The number of pyridine rings is 1. The van der Waals surface area contributed by atoms with Gasteiger partial charge in [0.05, 0.1) is 13.7 Å². The molecule has 0 radical (unpaired) electrons. The van der Waals surface area contributed by atoms with Crippen LogP contribution in [0.3, 0.4) is 0 Å². The number of methoxy groups -OCH3 is 1. The number of aromatic nitrogens is 4. The van der Waals surface area contributed by atoms with E-state index in [1.807, 2.05) is 22.8 Å². The van der Waals surface area contributed by atoms with Crippen molar-refractivity contribution in [3.05, 3.63) is 51.9 Å². The predicted octanol–water partition coefficient (Wildman–Crippen LogP) is 3.98. The highest BCUT2D eigenvalue weighted by molar-refractivity contribution is 14.1. The lowest BCUT2D eigenvalue weighted by Crippen LogP contribution is -2.16. The maximum atomic E-state index is 12.0. The first-order chi connectivity index (χ1) is 14.4. The van der Waals surface area contributed by atoms with E-state index < -0.39 is 5.97 Å². The second-order valence-corrected chi connectivity index (χ2v) is 8.39. The molecule has 158 valence electrons. The number of halogens is 1. The number of benzene rings is 1. The molecule has 0 aliphatic rings. The lowest BCUT2D eigenvalue weighted by Gasteiger charge is -2.20. The van der Waals surface area contributed by atoms with Crippen LogP contribution in [-0.2, 0) is 4.74 Å². The van der Waals surface area contributed by atoms with E-state index in [2.05, 4.69) is 51.6 Å². The average Bonchev–Trinajstić information content (AvgIpc) is 3.22. The molecule has 3 rings (SSSR count). The van der Waals surface area contributed by atoms with Crippen LogP contribution in [0.2, 0.25) is 0 Å². The van der Waals surface area contributed by atoms with Crippen molar-refractivity contribution in [2.75, 3.05) is 19.5 Å². The zero-order valence-corrected chi connectivity index (χ0v) is 19.2. The molecule has 0 aliphatic carbocycles. The molecule has 0 unspecified atom stereocenters. The minimum atomic E-state index is -0.409. The lowest BCUT2D eigenvalue weighted by atomic mass is 10.0. The Labute approximate surface area is 189 Å². The second kappa shape index (κ2) is 9.88. The summed E-state index contributed by atoms with van der Waals surface area (Å²) in [6.07, 6.45) is 2.53. The molecule has 0 saturated carbocycles. The molecular weight excluding hydrogens is 497 g/mol. The van der Waals surface area contributed by atoms with Crippen molar-refractivity contribution in [1.29, 1.82) is 0 Å². The van der Waals surface area contributed by atoms with Gasteiger partial charge in [-0.2, -0.15) is 0 Å². The molecule has 0 spiro atoms. The molecule has 2 aromatic heterocycles. The molecule has 8 nitrogen and oxygen atoms in total. The summed E-state index contributed by atoms with van der Waals surface area (Å²) in [6.45, 7) is 4.66. The third kappa shape index (κ3) is 5.26. The molecule has 2 N–H and O–H groups in total. The van der Waals surface area contributed by atoms with Gasteiger partial charge in [-0.3, -0.25) is 0 Å². The van der Waals surface area contributed by atoms with E-state index >= 15 is 0 Å². The zero-order chi connectivity index (χ0) is 21.7. The van der Waals surface area contributed by atoms with Crippen LogP contribution in [0.25, 0.3) is 11.5 Å². The Bertz CT molecular complexity index is 1020. The summed E-state index contributed by atoms with van der Waals surface area (Å²) in [5, 5.41) is 8.26. The molecule has 0 aliphatic heterocycles. The fourth-order valence-corrected chi connectivity index (χ4v) is 3.71. The Hall–Kier alpha value is -2.69. The standard InChI is InChI=1S/C21H24IN5O3/c1-13(11-30-18-8-7-15(22)10-16(18)21(28)29-3)9-14(2)27-12-24-26-20(27)17-5-4-6-19(23)25-17/h4-8,10,12-14H,9,11H2,1-3H3,(H2,23,25)/t13-,14+/m1/s1. The van der Waals surface area contributed by atoms with E-state index in [4.69, 9.17) is 15.2 Å². The number of esters is 1. The summed E-state index contributed by atoms with van der Waals surface area (Å²) in [5.41, 5.74) is 6.91. The number of carbonyl (C=O) groups is 1. The molecule has 30 heavy (non-hydrogen) atoms. The van der Waals surface area contributed by atoms with Crippen LogP contribution in [-0.4, -0.2) is 39.4 Å². The van der Waals surface area contributed by atoms with Gasteiger partial charge in [-0.25, -0.2) is 9.78 Å². The normalized spacial score (nSPS) is 12.9. The third-order valence-corrected chi connectivity index (χ3v) is 5.33. The topological polar surface area (TPSA) is 105 Å². The molecule has 0 fully saturated rings. The van der Waals surface area contributed by atoms with Gasteiger partial charge in [-0.15, -0.1) is 10.2 Å². The number of hydrogen-bond donors (Lipinski definition) is 1. The van der Waals surface area contributed by atoms with Crippen molar-refractivity contribution in [2.45, 2.75) is 26.3 Å². The van der Waals surface area contributed by atoms with Crippen molar-refractivity contribution in [2.24, 2.45) is 5.92 Å². The second-order valence-electron chi connectivity index (χ2n) is 7.14. The number of rotatable bonds is 8. The summed E-state index contributed by atoms with van der Waals surface area (Å²) < 4.78 is 13.7. The maximum absolute atomic E-state index is 12.0. The Kier molecular flexibility index (Phi) is 7.24. The van der Waals surface area contributed by atoms with Crippen LogP contribution in [0.15, 0.2) is 42.7 Å². The molecule has 3 aromatic rings. The van der Waals surface area contributed by atoms with Crippen LogP contribution in [0.1, 0.15) is 36.7 Å². The SMILES string of the molecule is COC(=O)c1cc(I)ccc1OC[C@H](C)C[C@H](C)n1cnnc1-c1cccc(N)n1. The number of nitrogen functional groups attached to an aromatic ring is 1. The van der Waals surface area contributed by atoms with Gasteiger partial charge in [-0.05, 0) is 72.2 Å². The largest absolute Gasteiger partial charge is 0.492 e. The van der Waals surface area contributed by atoms with Gasteiger partial charge in [0.25, 0.3) is 0 Å². The van der Waals surface area contributed by atoms with Gasteiger partial charge >= 0.3 is 5.97 Å². The minimum absolute atomic E-state index is 0.119. The summed E-state index contributed by atoms with van der Waals surface area (Å²) in [4.78, 5) is 16.4. The highest BCUT2D eigenvalue weighted by Gasteiger charge is 2.19. The van der Waals surface area contributed by atoms with Crippen molar-refractivity contribution >= 4 is 34.4 Å². The van der Waals surface area contributed by atoms with Gasteiger partial charge in [0.1, 0.15) is 29.2 Å². The number of nitrogens with zero attached hydrogens (tertiary/aromatic N) is 4. The summed E-state index contributed by atoms with van der Waals surface area (Å²) in [6, 6.07) is 11.0. The van der Waals surface area contributed by atoms with E-state index in [0.29, 0.717) is 35.3 Å². The third-order valence-electron chi connectivity index (χ3n) is 4.66. The average molecular weight is 521 g/mol. The van der Waals surface area contributed by atoms with E-state index in [1.165, 1.54) is 7.11 Å². The Morgan fingerprint density at radius 1 is 1.27 bits per heavy atom. The first kappa shape index (κ1) is 22.0. The van der Waals surface area contributed by atoms with Crippen molar-refractivity contribution < 1.29 is 14.3 Å². The van der Waals surface area contributed by atoms with Crippen LogP contribution >= 0.6 is 22.6 Å². The lowest BCUT2D eigenvalue weighted by molar-refractivity contribution is 0.0595. The summed E-state index contributed by atoms with van der Waals surface area (Å²) in [7, 11) is 1.36. The maximum Gasteiger partial charge on any atom is 0.341 e. The molecule has 9 heteroatoms. The fourth-order valence-electron chi connectivity index (χ4n) is 3.22. The van der Waals surface area contributed by atoms with Gasteiger partial charge in [0.15, 0.2) is 5.82 Å². The molecule has 2 heterocycles. The summed E-state index contributed by atoms with van der Waals surface area (Å²) >= 11 is 2.15. The van der Waals surface area contributed by atoms with E-state index in [-0.39, 0.29) is 12.0 Å². The highest BCUT2D eigenvalue weighted by atomic mass is 127. The molecular formula is C21H24IN5O3. The molecule has 0 saturated heterocycles. The van der Waals surface area contributed by atoms with Crippen LogP contribution < -0.4 is 10.5 Å². The van der Waals surface area contributed by atoms with Crippen LogP contribution in [0.5, 0.6) is 5.75 Å². The van der Waals surface area contributed by atoms with Gasteiger partial charge < -0.3 is 19.8 Å². The first-order valence-electron chi connectivity index (χ1n) is 9.52.